The summed E-state index contributed by atoms with van der Waals surface area (Å²) < 4.78 is 0. The average Bonchev–Trinajstić information content (AvgIpc) is 3.78. The maximum atomic E-state index is 11.2. The minimum Gasteiger partial charge on any atom is -0.393 e. The van der Waals surface area contributed by atoms with E-state index in [9.17, 15) is 5.11 Å². The van der Waals surface area contributed by atoms with E-state index in [1.54, 1.807) is 0 Å². The summed E-state index contributed by atoms with van der Waals surface area (Å²) in [6, 6.07) is 0. The van der Waals surface area contributed by atoms with Crippen LogP contribution in [0.25, 0.3) is 0 Å². The monoisotopic (exact) mass is 503 g/mol. The zero-order valence-corrected chi connectivity index (χ0v) is 25.0. The second kappa shape index (κ2) is 17.5. The summed E-state index contributed by atoms with van der Waals surface area (Å²) in [6.07, 6.45) is 33.7. The van der Waals surface area contributed by atoms with Gasteiger partial charge in [-0.1, -0.05) is 136 Å². The molecule has 1 nitrogen and oxygen atoms in total. The van der Waals surface area contributed by atoms with Gasteiger partial charge in [-0.2, -0.15) is 0 Å². The second-order valence-corrected chi connectivity index (χ2v) is 13.9. The predicted octanol–water partition coefficient (Wildman–Crippen LogP) is 11.1. The topological polar surface area (TPSA) is 20.2 Å². The molecule has 0 aromatic carbocycles. The zero-order chi connectivity index (χ0) is 25.6. The second-order valence-electron chi connectivity index (χ2n) is 13.9. The zero-order valence-electron chi connectivity index (χ0n) is 25.0. The van der Waals surface area contributed by atoms with E-state index in [0.29, 0.717) is 5.92 Å². The average molecular weight is 503 g/mol. The van der Waals surface area contributed by atoms with Crippen LogP contribution in [0.15, 0.2) is 0 Å². The van der Waals surface area contributed by atoms with E-state index >= 15 is 0 Å². The van der Waals surface area contributed by atoms with Crippen molar-refractivity contribution >= 4 is 0 Å². The van der Waals surface area contributed by atoms with Gasteiger partial charge in [0.2, 0.25) is 0 Å². The first-order chi connectivity index (χ1) is 17.7. The molecule has 3 rings (SSSR count). The molecule has 0 aromatic heterocycles. The third-order valence-corrected chi connectivity index (χ3v) is 10.7. The van der Waals surface area contributed by atoms with Crippen molar-refractivity contribution in [3.05, 3.63) is 0 Å². The third kappa shape index (κ3) is 12.2. The highest BCUT2D eigenvalue weighted by molar-refractivity contribution is 4.88. The van der Waals surface area contributed by atoms with E-state index in [0.717, 1.165) is 41.9 Å². The molecular weight excluding hydrogens is 436 g/mol. The van der Waals surface area contributed by atoms with Gasteiger partial charge < -0.3 is 5.11 Å². The fourth-order valence-electron chi connectivity index (χ4n) is 7.66. The number of hydrogen-bond donors (Lipinski definition) is 1. The molecule has 212 valence electrons. The molecular formula is C35H66O. The minimum atomic E-state index is -0.0265. The van der Waals surface area contributed by atoms with Crippen molar-refractivity contribution < 1.29 is 5.11 Å². The Balaban J connectivity index is 1.30. The van der Waals surface area contributed by atoms with Crippen LogP contribution in [0.4, 0.5) is 0 Å². The van der Waals surface area contributed by atoms with Gasteiger partial charge in [0, 0.05) is 0 Å². The van der Waals surface area contributed by atoms with Crippen LogP contribution in [0, 0.1) is 41.4 Å². The fourth-order valence-corrected chi connectivity index (χ4v) is 7.66. The molecule has 3 fully saturated rings. The van der Waals surface area contributed by atoms with Crippen molar-refractivity contribution in [1.29, 1.82) is 0 Å². The van der Waals surface area contributed by atoms with Crippen LogP contribution >= 0.6 is 0 Å². The van der Waals surface area contributed by atoms with Crippen molar-refractivity contribution in [2.45, 2.75) is 181 Å². The Morgan fingerprint density at radius 2 is 0.750 bits per heavy atom. The van der Waals surface area contributed by atoms with Crippen LogP contribution in [0.2, 0.25) is 0 Å². The predicted molar refractivity (Wildman–Crippen MR) is 158 cm³/mol. The van der Waals surface area contributed by atoms with Crippen molar-refractivity contribution in [3.63, 3.8) is 0 Å². The molecule has 1 heteroatoms. The van der Waals surface area contributed by atoms with Gasteiger partial charge in [0.1, 0.15) is 0 Å². The maximum Gasteiger partial charge on any atom is 0.0568 e. The Hall–Kier alpha value is -0.0400. The first-order valence-electron chi connectivity index (χ1n) is 17.3. The van der Waals surface area contributed by atoms with Gasteiger partial charge in [0.25, 0.3) is 0 Å². The SMILES string of the molecule is CCCCCC1CC1CCCC(O)C(CCCC1CC1CCCCC)CCCC1CC1CCCCC. The number of hydrogen-bond acceptors (Lipinski definition) is 1. The van der Waals surface area contributed by atoms with Gasteiger partial charge in [-0.05, 0) is 80.0 Å². The Bertz CT molecular complexity index is 513. The molecule has 0 radical (unpaired) electrons. The van der Waals surface area contributed by atoms with Crippen molar-refractivity contribution in [3.8, 4) is 0 Å². The molecule has 36 heavy (non-hydrogen) atoms. The van der Waals surface area contributed by atoms with Crippen molar-refractivity contribution in [2.24, 2.45) is 41.4 Å². The maximum absolute atomic E-state index is 11.2. The van der Waals surface area contributed by atoms with E-state index in [2.05, 4.69) is 20.8 Å². The quantitative estimate of drug-likeness (QED) is 0.123. The lowest BCUT2D eigenvalue weighted by Crippen LogP contribution is -2.21. The Morgan fingerprint density at radius 3 is 1.08 bits per heavy atom. The molecule has 0 bridgehead atoms. The van der Waals surface area contributed by atoms with E-state index in [-0.39, 0.29) is 6.10 Å². The lowest BCUT2D eigenvalue weighted by Gasteiger charge is -2.23. The number of rotatable bonds is 25. The molecule has 3 saturated carbocycles. The van der Waals surface area contributed by atoms with E-state index < -0.39 is 0 Å². The van der Waals surface area contributed by atoms with Crippen LogP contribution in [-0.2, 0) is 0 Å². The standard InChI is InChI=1S/C35H66O/c1-4-7-10-16-29-25-32(29)21-13-19-28(20-14-22-33-26-30(33)17-11-8-5-2)35(36)24-15-23-34-27-31(34)18-12-9-6-3/h28-36H,4-27H2,1-3H3. The molecule has 0 aliphatic heterocycles. The Morgan fingerprint density at radius 1 is 0.444 bits per heavy atom. The smallest absolute Gasteiger partial charge is 0.0568 e. The molecule has 7 unspecified atom stereocenters. The van der Waals surface area contributed by atoms with Gasteiger partial charge in [0.05, 0.1) is 6.10 Å². The number of aliphatic hydroxyl groups is 1. The molecule has 0 aromatic rings. The van der Waals surface area contributed by atoms with Crippen molar-refractivity contribution in [2.75, 3.05) is 0 Å². The molecule has 3 aliphatic rings. The molecule has 0 saturated heterocycles. The summed E-state index contributed by atoms with van der Waals surface area (Å²) in [5.74, 6) is 6.82. The van der Waals surface area contributed by atoms with Crippen LogP contribution < -0.4 is 0 Å². The summed E-state index contributed by atoms with van der Waals surface area (Å²) in [5, 5.41) is 11.2. The fraction of sp³-hybridized carbons (Fsp3) is 1.00. The van der Waals surface area contributed by atoms with E-state index in [4.69, 9.17) is 0 Å². The third-order valence-electron chi connectivity index (χ3n) is 10.7. The van der Waals surface area contributed by atoms with Crippen LogP contribution in [0.5, 0.6) is 0 Å². The molecule has 0 amide bonds. The van der Waals surface area contributed by atoms with Crippen molar-refractivity contribution in [1.82, 2.24) is 0 Å². The van der Waals surface area contributed by atoms with Gasteiger partial charge in [-0.3, -0.25) is 0 Å². The number of aliphatic hydroxyl groups excluding tert-OH is 1. The summed E-state index contributed by atoms with van der Waals surface area (Å²) in [6.45, 7) is 6.96. The largest absolute Gasteiger partial charge is 0.393 e. The van der Waals surface area contributed by atoms with E-state index in [1.165, 1.54) is 148 Å². The minimum absolute atomic E-state index is 0.0265. The summed E-state index contributed by atoms with van der Waals surface area (Å²) in [4.78, 5) is 0. The highest BCUT2D eigenvalue weighted by Gasteiger charge is 2.37. The van der Waals surface area contributed by atoms with Gasteiger partial charge in [0.15, 0.2) is 0 Å². The lowest BCUT2D eigenvalue weighted by atomic mass is 9.87. The summed E-state index contributed by atoms with van der Waals surface area (Å²) >= 11 is 0. The molecule has 3 aliphatic carbocycles. The summed E-state index contributed by atoms with van der Waals surface area (Å²) in [5.41, 5.74) is 0. The molecule has 7 atom stereocenters. The van der Waals surface area contributed by atoms with Crippen LogP contribution in [0.3, 0.4) is 0 Å². The van der Waals surface area contributed by atoms with Gasteiger partial charge in [-0.15, -0.1) is 0 Å². The molecule has 0 spiro atoms. The first kappa shape index (κ1) is 30.5. The van der Waals surface area contributed by atoms with Crippen LogP contribution in [0.1, 0.15) is 175 Å². The lowest BCUT2D eigenvalue weighted by molar-refractivity contribution is 0.0822. The first-order valence-corrected chi connectivity index (χ1v) is 17.3. The normalized spacial score (nSPS) is 30.3. The highest BCUT2D eigenvalue weighted by Crippen LogP contribution is 2.48. The van der Waals surface area contributed by atoms with Crippen LogP contribution in [-0.4, -0.2) is 11.2 Å². The van der Waals surface area contributed by atoms with E-state index in [1.807, 2.05) is 0 Å². The number of unbranched alkanes of at least 4 members (excludes halogenated alkanes) is 6. The van der Waals surface area contributed by atoms with Gasteiger partial charge >= 0.3 is 0 Å². The Labute approximate surface area is 227 Å². The summed E-state index contributed by atoms with van der Waals surface area (Å²) in [7, 11) is 0. The highest BCUT2D eigenvalue weighted by atomic mass is 16.3. The molecule has 1 N–H and O–H groups in total. The van der Waals surface area contributed by atoms with Gasteiger partial charge in [-0.25, -0.2) is 0 Å². The molecule has 0 heterocycles. The Kier molecular flexibility index (Phi) is 14.9.